The number of fused-ring (bicyclic) bond motifs is 2. The summed E-state index contributed by atoms with van der Waals surface area (Å²) in [5, 5.41) is 1.16. The summed E-state index contributed by atoms with van der Waals surface area (Å²) in [6.07, 6.45) is 7.06. The van der Waals surface area contributed by atoms with Crippen LogP contribution in [0.15, 0.2) is 0 Å². The van der Waals surface area contributed by atoms with E-state index in [9.17, 15) is 0 Å². The third kappa shape index (κ3) is 2.62. The summed E-state index contributed by atoms with van der Waals surface area (Å²) in [6.45, 7) is 2.36. The van der Waals surface area contributed by atoms with Crippen LogP contribution in [0.25, 0.3) is 0 Å². The first-order valence-electron chi connectivity index (χ1n) is 6.43. The Morgan fingerprint density at radius 2 is 2.12 bits per heavy atom. The van der Waals surface area contributed by atoms with Gasteiger partial charge in [0.2, 0.25) is 0 Å². The van der Waals surface area contributed by atoms with Crippen LogP contribution in [0.4, 0.5) is 0 Å². The predicted octanol–water partition coefficient (Wildman–Crippen LogP) is 3.24. The summed E-state index contributed by atoms with van der Waals surface area (Å²) in [5.41, 5.74) is 0.552. The van der Waals surface area contributed by atoms with E-state index in [1.54, 1.807) is 7.11 Å². The van der Waals surface area contributed by atoms with E-state index >= 15 is 0 Å². The number of methoxy groups -OCH3 is 1. The predicted molar refractivity (Wildman–Crippen MR) is 69.0 cm³/mol. The zero-order valence-electron chi connectivity index (χ0n) is 10.2. The first kappa shape index (κ1) is 12.8. The summed E-state index contributed by atoms with van der Waals surface area (Å²) < 4.78 is 10.6. The number of rotatable bonds is 7. The van der Waals surface area contributed by atoms with Gasteiger partial charge in [-0.3, -0.25) is 0 Å². The van der Waals surface area contributed by atoms with E-state index in [-0.39, 0.29) is 0 Å². The lowest BCUT2D eigenvalue weighted by molar-refractivity contribution is 0.0434. The lowest BCUT2D eigenvalue weighted by Crippen LogP contribution is -2.31. The molecule has 94 valence electrons. The van der Waals surface area contributed by atoms with Crippen molar-refractivity contribution in [1.82, 2.24) is 0 Å². The summed E-state index contributed by atoms with van der Waals surface area (Å²) in [4.78, 5) is 0. The normalized spacial score (nSPS) is 37.1. The molecule has 3 heteroatoms. The lowest BCUT2D eigenvalue weighted by Gasteiger charge is -2.36. The van der Waals surface area contributed by atoms with E-state index < -0.39 is 0 Å². The number of hydrogen-bond donors (Lipinski definition) is 0. The van der Waals surface area contributed by atoms with Crippen LogP contribution >= 0.6 is 15.9 Å². The van der Waals surface area contributed by atoms with Gasteiger partial charge in [-0.2, -0.15) is 0 Å². The fraction of sp³-hybridized carbons (Fsp3) is 1.00. The van der Waals surface area contributed by atoms with Gasteiger partial charge in [-0.25, -0.2) is 0 Å². The highest BCUT2D eigenvalue weighted by atomic mass is 79.9. The van der Waals surface area contributed by atoms with E-state index in [0.29, 0.717) is 12.0 Å². The van der Waals surface area contributed by atoms with Gasteiger partial charge < -0.3 is 9.47 Å². The molecule has 0 aromatic carbocycles. The second-order valence-corrected chi connectivity index (χ2v) is 5.99. The third-order valence-corrected chi connectivity index (χ3v) is 5.66. The van der Waals surface area contributed by atoms with Crippen LogP contribution < -0.4 is 0 Å². The van der Waals surface area contributed by atoms with E-state index in [0.717, 1.165) is 30.4 Å². The Bertz CT molecular complexity index is 222. The molecule has 0 spiro atoms. The SMILES string of the molecule is COCCOCCC1(CBr)CC2CCC1C2. The first-order chi connectivity index (χ1) is 7.80. The van der Waals surface area contributed by atoms with E-state index in [4.69, 9.17) is 9.47 Å². The largest absolute Gasteiger partial charge is 0.382 e. The molecule has 0 N–H and O–H groups in total. The molecule has 0 saturated heterocycles. The lowest BCUT2D eigenvalue weighted by atomic mass is 9.72. The second-order valence-electron chi connectivity index (χ2n) is 5.43. The minimum absolute atomic E-state index is 0.552. The maximum Gasteiger partial charge on any atom is 0.0700 e. The first-order valence-corrected chi connectivity index (χ1v) is 7.55. The van der Waals surface area contributed by atoms with Crippen molar-refractivity contribution in [2.24, 2.45) is 17.3 Å². The van der Waals surface area contributed by atoms with Gasteiger partial charge in [-0.1, -0.05) is 22.4 Å². The summed E-state index contributed by atoms with van der Waals surface area (Å²) in [5.74, 6) is 1.98. The molecule has 2 bridgehead atoms. The Morgan fingerprint density at radius 3 is 2.69 bits per heavy atom. The maximum absolute atomic E-state index is 5.62. The highest BCUT2D eigenvalue weighted by molar-refractivity contribution is 9.09. The van der Waals surface area contributed by atoms with E-state index in [1.165, 1.54) is 32.1 Å². The molecule has 2 nitrogen and oxygen atoms in total. The second kappa shape index (κ2) is 5.83. The van der Waals surface area contributed by atoms with Crippen molar-refractivity contribution in [1.29, 1.82) is 0 Å². The Balaban J connectivity index is 1.73. The molecule has 2 aliphatic rings. The monoisotopic (exact) mass is 290 g/mol. The van der Waals surface area contributed by atoms with Crippen LogP contribution in [0.1, 0.15) is 32.1 Å². The molecule has 0 heterocycles. The number of ether oxygens (including phenoxy) is 2. The highest BCUT2D eigenvalue weighted by Crippen LogP contribution is 2.58. The fourth-order valence-corrected chi connectivity index (χ4v) is 4.58. The average molecular weight is 291 g/mol. The molecule has 16 heavy (non-hydrogen) atoms. The third-order valence-electron chi connectivity index (χ3n) is 4.54. The average Bonchev–Trinajstić information content (AvgIpc) is 2.89. The van der Waals surface area contributed by atoms with Crippen molar-refractivity contribution < 1.29 is 9.47 Å². The van der Waals surface area contributed by atoms with Crippen molar-refractivity contribution in [3.05, 3.63) is 0 Å². The Hall–Kier alpha value is 0.400. The van der Waals surface area contributed by atoms with Gasteiger partial charge in [0.05, 0.1) is 13.2 Å². The van der Waals surface area contributed by atoms with Crippen LogP contribution in [0.3, 0.4) is 0 Å². The summed E-state index contributed by atoms with van der Waals surface area (Å²) in [7, 11) is 1.72. The summed E-state index contributed by atoms with van der Waals surface area (Å²) in [6, 6.07) is 0. The van der Waals surface area contributed by atoms with Crippen LogP contribution in [0.2, 0.25) is 0 Å². The van der Waals surface area contributed by atoms with E-state index in [2.05, 4.69) is 15.9 Å². The number of halogens is 1. The molecule has 0 aliphatic heterocycles. The maximum atomic E-state index is 5.62. The smallest absolute Gasteiger partial charge is 0.0700 e. The Morgan fingerprint density at radius 1 is 1.25 bits per heavy atom. The van der Waals surface area contributed by atoms with Gasteiger partial charge in [-0.15, -0.1) is 0 Å². The van der Waals surface area contributed by atoms with Crippen molar-refractivity contribution in [3.63, 3.8) is 0 Å². The standard InChI is InChI=1S/C13H23BrO2/c1-15-6-7-16-5-4-13(10-14)9-11-2-3-12(13)8-11/h11-12H,2-10H2,1H3. The van der Waals surface area contributed by atoms with Gasteiger partial charge in [0.25, 0.3) is 0 Å². The van der Waals surface area contributed by atoms with Crippen molar-refractivity contribution >= 4 is 15.9 Å². The highest BCUT2D eigenvalue weighted by Gasteiger charge is 2.49. The van der Waals surface area contributed by atoms with Crippen LogP contribution in [0, 0.1) is 17.3 Å². The molecule has 0 aromatic heterocycles. The molecule has 3 atom stereocenters. The molecule has 0 amide bonds. The molecule has 2 saturated carbocycles. The molecule has 0 aromatic rings. The van der Waals surface area contributed by atoms with Gasteiger partial charge in [-0.05, 0) is 42.9 Å². The fourth-order valence-electron chi connectivity index (χ4n) is 3.61. The molecule has 2 fully saturated rings. The zero-order valence-corrected chi connectivity index (χ0v) is 11.8. The Labute approximate surface area is 107 Å². The minimum Gasteiger partial charge on any atom is -0.382 e. The number of alkyl halides is 1. The van der Waals surface area contributed by atoms with Gasteiger partial charge in [0.15, 0.2) is 0 Å². The van der Waals surface area contributed by atoms with Crippen LogP contribution in [0.5, 0.6) is 0 Å². The molecule has 3 unspecified atom stereocenters. The van der Waals surface area contributed by atoms with Gasteiger partial charge in [0.1, 0.15) is 0 Å². The van der Waals surface area contributed by atoms with Crippen LogP contribution in [-0.4, -0.2) is 32.3 Å². The van der Waals surface area contributed by atoms with Crippen molar-refractivity contribution in [2.75, 3.05) is 32.3 Å². The van der Waals surface area contributed by atoms with Crippen LogP contribution in [-0.2, 0) is 9.47 Å². The van der Waals surface area contributed by atoms with Crippen molar-refractivity contribution in [3.8, 4) is 0 Å². The van der Waals surface area contributed by atoms with Gasteiger partial charge >= 0.3 is 0 Å². The quantitative estimate of drug-likeness (QED) is 0.529. The molecule has 2 aliphatic carbocycles. The van der Waals surface area contributed by atoms with Crippen molar-refractivity contribution in [2.45, 2.75) is 32.1 Å². The van der Waals surface area contributed by atoms with Gasteiger partial charge in [0, 0.05) is 19.0 Å². The molecular weight excluding hydrogens is 268 g/mol. The molecular formula is C13H23BrO2. The Kier molecular flexibility index (Phi) is 4.68. The van der Waals surface area contributed by atoms with E-state index in [1.807, 2.05) is 0 Å². The number of hydrogen-bond acceptors (Lipinski definition) is 2. The topological polar surface area (TPSA) is 18.5 Å². The zero-order chi connectivity index (χ0) is 11.4. The molecule has 0 radical (unpaired) electrons. The summed E-state index contributed by atoms with van der Waals surface area (Å²) >= 11 is 3.74. The minimum atomic E-state index is 0.552. The molecule has 2 rings (SSSR count).